The summed E-state index contributed by atoms with van der Waals surface area (Å²) in [5.74, 6) is 2.31. The van der Waals surface area contributed by atoms with Crippen molar-refractivity contribution < 1.29 is 23.9 Å². The Balaban J connectivity index is 1.20. The second-order valence-corrected chi connectivity index (χ2v) is 19.7. The van der Waals surface area contributed by atoms with Gasteiger partial charge in [0.2, 0.25) is 5.91 Å². The van der Waals surface area contributed by atoms with Crippen molar-refractivity contribution in [3.63, 3.8) is 0 Å². The van der Waals surface area contributed by atoms with Gasteiger partial charge in [0.15, 0.2) is 0 Å². The van der Waals surface area contributed by atoms with E-state index < -0.39 is 0 Å². The zero-order valence-corrected chi connectivity index (χ0v) is 35.8. The normalized spacial score (nSPS) is 36.0. The van der Waals surface area contributed by atoms with E-state index in [2.05, 4.69) is 83.5 Å². The highest BCUT2D eigenvalue weighted by molar-refractivity contribution is 5.90. The summed E-state index contributed by atoms with van der Waals surface area (Å²) in [6.07, 6.45) is 14.8. The first-order chi connectivity index (χ1) is 26.0. The van der Waals surface area contributed by atoms with Crippen LogP contribution in [0.25, 0.3) is 5.57 Å². The third kappa shape index (κ3) is 6.94. The molecule has 1 aromatic carbocycles. The van der Waals surface area contributed by atoms with E-state index in [4.69, 9.17) is 9.47 Å². The monoisotopic (exact) mass is 757 g/mol. The van der Waals surface area contributed by atoms with Crippen molar-refractivity contribution in [3.05, 3.63) is 53.6 Å². The first-order valence-electron chi connectivity index (χ1n) is 21.7. The Morgan fingerprint density at radius 3 is 2.22 bits per heavy atom. The quantitative estimate of drug-likeness (QED) is 0.123. The Morgan fingerprint density at radius 2 is 1.56 bits per heavy atom. The van der Waals surface area contributed by atoms with Crippen molar-refractivity contribution in [2.45, 2.75) is 126 Å². The smallest absolute Gasteiger partial charge is 0.337 e. The molecule has 55 heavy (non-hydrogen) atoms. The molecule has 0 heterocycles. The van der Waals surface area contributed by atoms with Crippen LogP contribution in [0.2, 0.25) is 0 Å². The van der Waals surface area contributed by atoms with Crippen molar-refractivity contribution in [2.75, 3.05) is 40.4 Å². The number of allylic oxidation sites excluding steroid dienone is 3. The van der Waals surface area contributed by atoms with Crippen LogP contribution in [-0.2, 0) is 19.1 Å². The molecule has 304 valence electrons. The number of hydrogen-bond acceptors (Lipinski definition) is 6. The minimum atomic E-state index is -0.309. The SMILES string of the molecule is C=C(C)[C@@H]1CC[C@]2(C(=O)NCCCN(CC)CCCC(=O)OC)CC[C@]3(C)[C@H](CC[C@@H]4[C@@]5(C)CC=C(c6ccc(C(=O)OC)cc6)C(C)(C)[C@@H]5CC[C@]43C)[C@@H]12. The van der Waals surface area contributed by atoms with Crippen LogP contribution in [0, 0.1) is 56.7 Å². The minimum Gasteiger partial charge on any atom is -0.469 e. The van der Waals surface area contributed by atoms with E-state index in [0.717, 1.165) is 64.6 Å². The van der Waals surface area contributed by atoms with Gasteiger partial charge in [0, 0.05) is 13.0 Å². The average Bonchev–Trinajstić information content (AvgIpc) is 3.57. The molecule has 5 aliphatic carbocycles. The van der Waals surface area contributed by atoms with E-state index in [1.807, 2.05) is 12.1 Å². The molecule has 9 atom stereocenters. The van der Waals surface area contributed by atoms with Gasteiger partial charge < -0.3 is 19.7 Å². The molecule has 7 heteroatoms. The zero-order chi connectivity index (χ0) is 40.0. The predicted molar refractivity (Wildman–Crippen MR) is 221 cm³/mol. The van der Waals surface area contributed by atoms with Crippen LogP contribution in [0.15, 0.2) is 42.5 Å². The number of hydrogen-bond donors (Lipinski definition) is 1. The number of nitrogens with zero attached hydrogens (tertiary/aromatic N) is 1. The number of amides is 1. The predicted octanol–water partition coefficient (Wildman–Crippen LogP) is 9.91. The van der Waals surface area contributed by atoms with Crippen LogP contribution < -0.4 is 5.32 Å². The summed E-state index contributed by atoms with van der Waals surface area (Å²) < 4.78 is 9.78. The summed E-state index contributed by atoms with van der Waals surface area (Å²) in [4.78, 5) is 40.7. The second-order valence-electron chi connectivity index (χ2n) is 19.7. The maximum absolute atomic E-state index is 14.6. The highest BCUT2D eigenvalue weighted by Gasteiger charge is 2.71. The first kappa shape index (κ1) is 41.7. The van der Waals surface area contributed by atoms with Gasteiger partial charge in [-0.25, -0.2) is 4.79 Å². The molecule has 4 fully saturated rings. The molecular weight excluding hydrogens is 685 g/mol. The number of fused-ring (bicyclic) bond motifs is 7. The van der Waals surface area contributed by atoms with E-state index in [1.165, 1.54) is 56.6 Å². The second kappa shape index (κ2) is 15.8. The molecule has 6 rings (SSSR count). The van der Waals surface area contributed by atoms with Gasteiger partial charge in [-0.05, 0) is 172 Å². The molecule has 0 saturated heterocycles. The van der Waals surface area contributed by atoms with Gasteiger partial charge in [-0.2, -0.15) is 0 Å². The lowest BCUT2D eigenvalue weighted by molar-refractivity contribution is -0.225. The molecule has 0 bridgehead atoms. The fourth-order valence-electron chi connectivity index (χ4n) is 14.2. The lowest BCUT2D eigenvalue weighted by Gasteiger charge is -2.72. The molecule has 5 aliphatic rings. The maximum atomic E-state index is 14.6. The summed E-state index contributed by atoms with van der Waals surface area (Å²) in [5.41, 5.74) is 4.76. The summed E-state index contributed by atoms with van der Waals surface area (Å²) in [7, 11) is 2.88. The minimum absolute atomic E-state index is 0.00634. The Hall–Kier alpha value is -2.93. The largest absolute Gasteiger partial charge is 0.469 e. The molecule has 1 N–H and O–H groups in total. The summed E-state index contributed by atoms with van der Waals surface area (Å²) >= 11 is 0. The van der Waals surface area contributed by atoms with Crippen molar-refractivity contribution in [1.29, 1.82) is 0 Å². The maximum Gasteiger partial charge on any atom is 0.337 e. The molecule has 1 aromatic rings. The van der Waals surface area contributed by atoms with Crippen molar-refractivity contribution in [1.82, 2.24) is 10.2 Å². The van der Waals surface area contributed by atoms with Crippen LogP contribution in [0.1, 0.15) is 141 Å². The molecule has 1 amide bonds. The van der Waals surface area contributed by atoms with Crippen LogP contribution >= 0.6 is 0 Å². The topological polar surface area (TPSA) is 84.9 Å². The number of carbonyl (C=O) groups excluding carboxylic acids is 3. The van der Waals surface area contributed by atoms with Gasteiger partial charge >= 0.3 is 11.9 Å². The third-order valence-corrected chi connectivity index (χ3v) is 17.2. The number of esters is 2. The van der Waals surface area contributed by atoms with Gasteiger partial charge in [-0.15, -0.1) is 0 Å². The van der Waals surface area contributed by atoms with E-state index >= 15 is 0 Å². The van der Waals surface area contributed by atoms with Gasteiger partial charge in [-0.1, -0.05) is 71.9 Å². The molecule has 0 unspecified atom stereocenters. The first-order valence-corrected chi connectivity index (χ1v) is 21.7. The molecule has 4 saturated carbocycles. The molecule has 0 aromatic heterocycles. The van der Waals surface area contributed by atoms with E-state index in [0.29, 0.717) is 54.0 Å². The van der Waals surface area contributed by atoms with Crippen LogP contribution in [-0.4, -0.2) is 63.1 Å². The Morgan fingerprint density at radius 1 is 0.855 bits per heavy atom. The number of nitrogens with one attached hydrogen (secondary N) is 1. The standard InChI is InChI=1S/C48H72N2O5/c1-11-50(30-12-14-40(51)54-9)31-13-29-49-43(53)48-26-21-35(32(2)3)41(48)37-19-20-39-45(6)24-22-36(33-15-17-34(18-16-33)42(52)55-10)44(4,5)38(45)23-25-47(39,8)46(37,7)27-28-48/h15-18,22,35,37-39,41H,2,11-14,19-21,23-31H2,1,3-10H3,(H,49,53)/t35-,37+,38-,39+,41+,45-,46+,47+,48-/m0/s1. The van der Waals surface area contributed by atoms with E-state index in [1.54, 1.807) is 0 Å². The highest BCUT2D eigenvalue weighted by atomic mass is 16.5. The summed E-state index contributed by atoms with van der Waals surface area (Å²) in [5, 5.41) is 3.49. The molecule has 7 nitrogen and oxygen atoms in total. The lowest BCUT2D eigenvalue weighted by Crippen LogP contribution is -2.66. The third-order valence-electron chi connectivity index (χ3n) is 17.2. The molecular formula is C48H72N2O5. The van der Waals surface area contributed by atoms with E-state index in [9.17, 15) is 14.4 Å². The Labute approximate surface area is 332 Å². The van der Waals surface area contributed by atoms with Crippen LogP contribution in [0.4, 0.5) is 0 Å². The number of methoxy groups -OCH3 is 2. The number of benzene rings is 1. The van der Waals surface area contributed by atoms with E-state index in [-0.39, 0.29) is 39.0 Å². The van der Waals surface area contributed by atoms with Crippen molar-refractivity contribution in [3.8, 4) is 0 Å². The van der Waals surface area contributed by atoms with Crippen LogP contribution in [0.5, 0.6) is 0 Å². The van der Waals surface area contributed by atoms with Crippen LogP contribution in [0.3, 0.4) is 0 Å². The summed E-state index contributed by atoms with van der Waals surface area (Å²) in [6.45, 7) is 25.3. The molecule has 0 radical (unpaired) electrons. The van der Waals surface area contributed by atoms with Gasteiger partial charge in [0.05, 0.1) is 25.2 Å². The van der Waals surface area contributed by atoms with Crippen molar-refractivity contribution >= 4 is 23.4 Å². The van der Waals surface area contributed by atoms with Gasteiger partial charge in [0.1, 0.15) is 0 Å². The number of carbonyl (C=O) groups is 3. The molecule has 0 aliphatic heterocycles. The number of ether oxygens (including phenoxy) is 2. The van der Waals surface area contributed by atoms with Gasteiger partial charge in [0.25, 0.3) is 0 Å². The van der Waals surface area contributed by atoms with Crippen molar-refractivity contribution in [2.24, 2.45) is 56.7 Å². The fourth-order valence-corrected chi connectivity index (χ4v) is 14.2. The summed E-state index contributed by atoms with van der Waals surface area (Å²) in [6, 6.07) is 8.05. The number of rotatable bonds is 13. The van der Waals surface area contributed by atoms with Gasteiger partial charge in [-0.3, -0.25) is 9.59 Å². The zero-order valence-electron chi connectivity index (χ0n) is 35.8. The average molecular weight is 757 g/mol. The lowest BCUT2D eigenvalue weighted by atomic mass is 9.32. The Bertz CT molecular complexity index is 1650. The highest BCUT2D eigenvalue weighted by Crippen LogP contribution is 2.77. The fraction of sp³-hybridized carbons (Fsp3) is 0.729. The Kier molecular flexibility index (Phi) is 12.0. The molecule has 0 spiro atoms.